The number of benzene rings is 4. The Balaban J connectivity index is 0.780. The lowest BCUT2D eigenvalue weighted by molar-refractivity contribution is -0.133. The highest BCUT2D eigenvalue weighted by Crippen LogP contribution is 2.47. The highest BCUT2D eigenvalue weighted by Gasteiger charge is 2.39. The number of piperazine rings is 1. The summed E-state index contributed by atoms with van der Waals surface area (Å²) in [7, 11) is 0. The molecule has 3 aliphatic heterocycles. The number of carbonyl (C=O) groups excluding carboxylic acids is 3. The van der Waals surface area contributed by atoms with Crippen molar-refractivity contribution in [2.24, 2.45) is 5.92 Å². The molecule has 3 atom stereocenters. The van der Waals surface area contributed by atoms with Crippen molar-refractivity contribution in [1.82, 2.24) is 9.80 Å². The predicted octanol–water partition coefficient (Wildman–Crippen LogP) is 6.94. The number of phenolic OH excluding ortho intramolecular Hbond substituents is 1. The number of anilines is 2. The fourth-order valence-corrected chi connectivity index (χ4v) is 10.1. The van der Waals surface area contributed by atoms with Gasteiger partial charge in [0.25, 0.3) is 5.91 Å². The lowest BCUT2D eigenvalue weighted by Crippen LogP contribution is -2.49. The number of fused-ring (bicyclic) bond motifs is 2. The molecule has 0 radical (unpaired) electrons. The van der Waals surface area contributed by atoms with E-state index in [0.717, 1.165) is 69.9 Å². The average Bonchev–Trinajstić information content (AvgIpc) is 3.53. The van der Waals surface area contributed by atoms with Crippen molar-refractivity contribution in [1.29, 1.82) is 0 Å². The Morgan fingerprint density at radius 3 is 2.15 bits per heavy atom. The summed E-state index contributed by atoms with van der Waals surface area (Å²) in [6.45, 7) is 7.73. The summed E-state index contributed by atoms with van der Waals surface area (Å²) in [6, 6.07) is 31.9. The zero-order valence-corrected chi connectivity index (χ0v) is 31.0. The number of amides is 1. The van der Waals surface area contributed by atoms with Crippen LogP contribution in [0, 0.1) is 5.92 Å². The zero-order valence-electron chi connectivity index (χ0n) is 31.0. The lowest BCUT2D eigenvalue weighted by Gasteiger charge is -2.40. The van der Waals surface area contributed by atoms with Gasteiger partial charge in [0, 0.05) is 81.6 Å². The summed E-state index contributed by atoms with van der Waals surface area (Å²) in [5, 5.41) is 10.2. The SMILES string of the molecule is O=C1CC[C@@H](N2Cc3cc(N4CCN(CC5CCN(c6ccc([C@H]7c8ccc(O)cc8CC[C@H]7c7ccccc7)cc6)CC5)CC4)ccc3C2=O)C(=O)C1. The number of aromatic hydroxyl groups is 1. The summed E-state index contributed by atoms with van der Waals surface area (Å²) in [5.41, 5.74) is 9.48. The second-order valence-electron chi connectivity index (χ2n) is 16.2. The number of Topliss-reactive ketones (excluding diaryl/α,β-unsaturated/α-hetero) is 2. The van der Waals surface area contributed by atoms with Gasteiger partial charge in [-0.2, -0.15) is 0 Å². The smallest absolute Gasteiger partial charge is 0.255 e. The van der Waals surface area contributed by atoms with E-state index < -0.39 is 6.04 Å². The molecule has 1 saturated carbocycles. The van der Waals surface area contributed by atoms with Crippen LogP contribution in [0.4, 0.5) is 11.4 Å². The Bertz CT molecular complexity index is 2030. The average molecular weight is 723 g/mol. The quantitative estimate of drug-likeness (QED) is 0.207. The molecule has 0 bridgehead atoms. The molecule has 0 unspecified atom stereocenters. The summed E-state index contributed by atoms with van der Waals surface area (Å²) in [4.78, 5) is 46.8. The number of carbonyl (C=O) groups is 3. The monoisotopic (exact) mass is 722 g/mol. The molecule has 2 aliphatic carbocycles. The van der Waals surface area contributed by atoms with Gasteiger partial charge in [0.05, 0.1) is 12.5 Å². The standard InChI is InChI=1S/C46H50N4O4/c51-38-12-16-41-34(27-38)8-14-40(32-4-2-1-3-5-32)45(41)33-6-9-36(10-7-33)48-20-18-31(19-21-48)29-47-22-24-49(25-23-47)37-11-15-42-35(26-37)30-50(46(42)54)43-17-13-39(52)28-44(43)53/h1-7,9-12,15-16,26-27,31,40,43,45,51H,8,13-14,17-25,28-30H2/t40-,43+,45+/m0/s1. The van der Waals surface area contributed by atoms with E-state index >= 15 is 0 Å². The van der Waals surface area contributed by atoms with Gasteiger partial charge in [0.15, 0.2) is 5.78 Å². The van der Waals surface area contributed by atoms with E-state index in [-0.39, 0.29) is 29.8 Å². The molecular weight excluding hydrogens is 673 g/mol. The molecule has 3 fully saturated rings. The summed E-state index contributed by atoms with van der Waals surface area (Å²) >= 11 is 0. The first-order chi connectivity index (χ1) is 26.4. The van der Waals surface area contributed by atoms with Crippen LogP contribution in [0.3, 0.4) is 0 Å². The van der Waals surface area contributed by atoms with Crippen LogP contribution in [0.15, 0.2) is 91.0 Å². The number of ketones is 2. The van der Waals surface area contributed by atoms with Crippen molar-refractivity contribution >= 4 is 28.8 Å². The van der Waals surface area contributed by atoms with Gasteiger partial charge >= 0.3 is 0 Å². The molecule has 278 valence electrons. The van der Waals surface area contributed by atoms with Gasteiger partial charge in [-0.3, -0.25) is 19.3 Å². The third-order valence-electron chi connectivity index (χ3n) is 13.0. The van der Waals surface area contributed by atoms with Crippen molar-refractivity contribution < 1.29 is 19.5 Å². The first-order valence-electron chi connectivity index (χ1n) is 20.0. The molecule has 2 saturated heterocycles. The molecule has 8 nitrogen and oxygen atoms in total. The second-order valence-corrected chi connectivity index (χ2v) is 16.2. The van der Waals surface area contributed by atoms with Gasteiger partial charge in [-0.05, 0) is 114 Å². The summed E-state index contributed by atoms with van der Waals surface area (Å²) in [6.07, 6.45) is 5.22. The van der Waals surface area contributed by atoms with E-state index in [1.807, 2.05) is 18.2 Å². The van der Waals surface area contributed by atoms with E-state index in [0.29, 0.717) is 42.5 Å². The van der Waals surface area contributed by atoms with Crippen molar-refractivity contribution in [2.45, 2.75) is 69.4 Å². The maximum absolute atomic E-state index is 13.2. The Kier molecular flexibility index (Phi) is 9.48. The number of rotatable bonds is 7. The first-order valence-corrected chi connectivity index (χ1v) is 20.0. The van der Waals surface area contributed by atoms with Gasteiger partial charge in [0.2, 0.25) is 0 Å². The third kappa shape index (κ3) is 6.81. The highest BCUT2D eigenvalue weighted by atomic mass is 16.3. The van der Waals surface area contributed by atoms with Gasteiger partial charge in [-0.15, -0.1) is 0 Å². The minimum absolute atomic E-state index is 0.0167. The number of phenols is 1. The fourth-order valence-electron chi connectivity index (χ4n) is 10.1. The van der Waals surface area contributed by atoms with Crippen LogP contribution in [-0.4, -0.2) is 84.2 Å². The van der Waals surface area contributed by atoms with Crippen LogP contribution in [0.1, 0.15) is 88.5 Å². The number of aryl methyl sites for hydroxylation is 1. The molecule has 3 heterocycles. The van der Waals surface area contributed by atoms with E-state index in [1.54, 1.807) is 4.90 Å². The summed E-state index contributed by atoms with van der Waals surface area (Å²) in [5.74, 6) is 1.51. The molecule has 4 aromatic rings. The number of piperidine rings is 1. The van der Waals surface area contributed by atoms with Crippen LogP contribution < -0.4 is 9.80 Å². The molecule has 1 N–H and O–H groups in total. The maximum Gasteiger partial charge on any atom is 0.255 e. The first kappa shape index (κ1) is 34.8. The molecule has 4 aromatic carbocycles. The van der Waals surface area contributed by atoms with E-state index in [2.05, 4.69) is 87.5 Å². The van der Waals surface area contributed by atoms with Gasteiger partial charge in [-0.1, -0.05) is 48.5 Å². The normalized spacial score (nSPS) is 23.8. The van der Waals surface area contributed by atoms with Crippen LogP contribution in [0.5, 0.6) is 5.75 Å². The molecular formula is C46H50N4O4. The lowest BCUT2D eigenvalue weighted by atomic mass is 9.69. The largest absolute Gasteiger partial charge is 0.508 e. The van der Waals surface area contributed by atoms with E-state index in [4.69, 9.17) is 0 Å². The van der Waals surface area contributed by atoms with E-state index in [9.17, 15) is 19.5 Å². The van der Waals surface area contributed by atoms with Crippen molar-refractivity contribution in [3.63, 3.8) is 0 Å². The number of hydrogen-bond donors (Lipinski definition) is 1. The third-order valence-corrected chi connectivity index (χ3v) is 13.0. The number of hydrogen-bond acceptors (Lipinski definition) is 7. The van der Waals surface area contributed by atoms with Crippen molar-refractivity contribution in [3.05, 3.63) is 124 Å². The van der Waals surface area contributed by atoms with Gasteiger partial charge in [-0.25, -0.2) is 0 Å². The van der Waals surface area contributed by atoms with Crippen LogP contribution >= 0.6 is 0 Å². The van der Waals surface area contributed by atoms with E-state index in [1.165, 1.54) is 40.8 Å². The molecule has 9 rings (SSSR count). The van der Waals surface area contributed by atoms with Gasteiger partial charge < -0.3 is 19.8 Å². The topological polar surface area (TPSA) is 84.4 Å². The minimum atomic E-state index is -0.474. The molecule has 5 aliphatic rings. The molecule has 0 aromatic heterocycles. The maximum atomic E-state index is 13.2. The second kappa shape index (κ2) is 14.7. The minimum Gasteiger partial charge on any atom is -0.508 e. The molecule has 1 amide bonds. The van der Waals surface area contributed by atoms with Crippen LogP contribution in [0.2, 0.25) is 0 Å². The number of nitrogens with zero attached hydrogens (tertiary/aromatic N) is 4. The van der Waals surface area contributed by atoms with Gasteiger partial charge in [0.1, 0.15) is 11.5 Å². The van der Waals surface area contributed by atoms with Crippen LogP contribution in [-0.2, 0) is 22.6 Å². The summed E-state index contributed by atoms with van der Waals surface area (Å²) < 4.78 is 0. The van der Waals surface area contributed by atoms with Crippen molar-refractivity contribution in [3.8, 4) is 5.75 Å². The van der Waals surface area contributed by atoms with Crippen LogP contribution in [0.25, 0.3) is 0 Å². The Labute approximate surface area is 318 Å². The molecule has 0 spiro atoms. The fraction of sp³-hybridized carbons (Fsp3) is 0.413. The zero-order chi connectivity index (χ0) is 36.8. The predicted molar refractivity (Wildman–Crippen MR) is 211 cm³/mol. The Morgan fingerprint density at radius 2 is 1.39 bits per heavy atom. The Morgan fingerprint density at radius 1 is 0.648 bits per heavy atom. The van der Waals surface area contributed by atoms with Crippen molar-refractivity contribution in [2.75, 3.05) is 55.6 Å². The molecule has 54 heavy (non-hydrogen) atoms. The Hall–Kier alpha value is -4.95. The highest BCUT2D eigenvalue weighted by molar-refractivity contribution is 6.07. The molecule has 8 heteroatoms.